The highest BCUT2D eigenvalue weighted by molar-refractivity contribution is 5.10. The minimum atomic E-state index is 0.776. The van der Waals surface area contributed by atoms with Gasteiger partial charge in [-0.25, -0.2) is 0 Å². The maximum Gasteiger partial charge on any atom is 0.0214 e. The minimum absolute atomic E-state index is 0.776. The van der Waals surface area contributed by atoms with Crippen molar-refractivity contribution >= 4 is 0 Å². The predicted molar refractivity (Wildman–Crippen MR) is 47.1 cm³/mol. The Balaban J connectivity index is 1.77. The molecule has 0 aromatic carbocycles. The molecule has 2 aliphatic carbocycles. The van der Waals surface area contributed by atoms with Crippen LogP contribution in [0.1, 0.15) is 44.9 Å². The van der Waals surface area contributed by atoms with Gasteiger partial charge in [-0.1, -0.05) is 31.6 Å². The zero-order chi connectivity index (χ0) is 7.52. The lowest BCUT2D eigenvalue weighted by atomic mass is 9.93. The second-order valence-corrected chi connectivity index (χ2v) is 3.94. The van der Waals surface area contributed by atoms with E-state index in [1.807, 2.05) is 0 Å². The fraction of sp³-hybridized carbons (Fsp3) is 0.818. The van der Waals surface area contributed by atoms with Gasteiger partial charge < -0.3 is 0 Å². The fourth-order valence-corrected chi connectivity index (χ4v) is 2.36. The molecule has 1 unspecified atom stereocenters. The Kier molecular flexibility index (Phi) is 2.17. The van der Waals surface area contributed by atoms with E-state index in [-0.39, 0.29) is 0 Å². The van der Waals surface area contributed by atoms with Crippen LogP contribution in [0.5, 0.6) is 0 Å². The van der Waals surface area contributed by atoms with E-state index in [0.717, 1.165) is 18.3 Å². The summed E-state index contributed by atoms with van der Waals surface area (Å²) in [5.41, 5.74) is 0. The summed E-state index contributed by atoms with van der Waals surface area (Å²) in [5.74, 6) is 8.34. The number of rotatable bonds is 2. The molecule has 0 nitrogen and oxygen atoms in total. The Bertz CT molecular complexity index is 176. The van der Waals surface area contributed by atoms with E-state index < -0.39 is 0 Å². The zero-order valence-corrected chi connectivity index (χ0v) is 7.10. The third kappa shape index (κ3) is 1.77. The van der Waals surface area contributed by atoms with Gasteiger partial charge in [0, 0.05) is 12.3 Å². The summed E-state index contributed by atoms with van der Waals surface area (Å²) in [7, 11) is 0. The van der Waals surface area contributed by atoms with Crippen molar-refractivity contribution in [2.24, 2.45) is 11.8 Å². The van der Waals surface area contributed by atoms with Crippen LogP contribution in [0.25, 0.3) is 0 Å². The molecule has 2 rings (SSSR count). The predicted octanol–water partition coefficient (Wildman–Crippen LogP) is 2.98. The van der Waals surface area contributed by atoms with E-state index in [2.05, 4.69) is 11.8 Å². The highest BCUT2D eigenvalue weighted by Crippen LogP contribution is 2.32. The summed E-state index contributed by atoms with van der Waals surface area (Å²) in [6.45, 7) is 0. The van der Waals surface area contributed by atoms with Crippen LogP contribution in [0.2, 0.25) is 0 Å². The highest BCUT2D eigenvalue weighted by Gasteiger charge is 2.19. The van der Waals surface area contributed by atoms with E-state index in [9.17, 15) is 0 Å². The quantitative estimate of drug-likeness (QED) is 0.528. The molecule has 0 spiro atoms. The van der Waals surface area contributed by atoms with Crippen LogP contribution in [-0.2, 0) is 0 Å². The van der Waals surface area contributed by atoms with Gasteiger partial charge in [0.15, 0.2) is 0 Å². The van der Waals surface area contributed by atoms with Crippen molar-refractivity contribution in [3.63, 3.8) is 0 Å². The lowest BCUT2D eigenvalue weighted by molar-refractivity contribution is 0.427. The smallest absolute Gasteiger partial charge is 0.0214 e. The average molecular weight is 148 g/mol. The highest BCUT2D eigenvalue weighted by atomic mass is 14.2. The Morgan fingerprint density at radius 3 is 2.55 bits per heavy atom. The van der Waals surface area contributed by atoms with Gasteiger partial charge in [-0.2, -0.15) is 0 Å². The van der Waals surface area contributed by atoms with Crippen LogP contribution in [-0.4, -0.2) is 0 Å². The normalized spacial score (nSPS) is 30.4. The molecule has 60 valence electrons. The molecule has 2 aliphatic rings. The monoisotopic (exact) mass is 148 g/mol. The molecule has 0 heteroatoms. The van der Waals surface area contributed by atoms with E-state index >= 15 is 0 Å². The van der Waals surface area contributed by atoms with Gasteiger partial charge in [-0.3, -0.25) is 0 Å². The molecule has 0 saturated heterocycles. The third-order valence-corrected chi connectivity index (χ3v) is 3.02. The first-order valence-corrected chi connectivity index (χ1v) is 4.93. The Morgan fingerprint density at radius 2 is 1.91 bits per heavy atom. The SMILES string of the molecule is C1#CC(CC2CCCC2)CC1. The lowest BCUT2D eigenvalue weighted by Crippen LogP contribution is -2.01. The topological polar surface area (TPSA) is 0 Å². The first-order valence-electron chi connectivity index (χ1n) is 4.93. The summed E-state index contributed by atoms with van der Waals surface area (Å²) in [5, 5.41) is 0. The second-order valence-electron chi connectivity index (χ2n) is 3.94. The van der Waals surface area contributed by atoms with Crippen LogP contribution in [0.4, 0.5) is 0 Å². The second kappa shape index (κ2) is 3.30. The van der Waals surface area contributed by atoms with E-state index in [4.69, 9.17) is 0 Å². The summed E-state index contributed by atoms with van der Waals surface area (Å²) in [6.07, 6.45) is 9.83. The van der Waals surface area contributed by atoms with Crippen molar-refractivity contribution in [3.8, 4) is 11.8 Å². The summed E-state index contributed by atoms with van der Waals surface area (Å²) in [6, 6.07) is 0. The van der Waals surface area contributed by atoms with Crippen molar-refractivity contribution in [1.29, 1.82) is 0 Å². The molecule has 0 amide bonds. The fourth-order valence-electron chi connectivity index (χ4n) is 2.36. The van der Waals surface area contributed by atoms with Crippen molar-refractivity contribution in [3.05, 3.63) is 0 Å². The van der Waals surface area contributed by atoms with Crippen molar-refractivity contribution in [1.82, 2.24) is 0 Å². The Morgan fingerprint density at radius 1 is 1.09 bits per heavy atom. The molecule has 0 heterocycles. The largest absolute Gasteiger partial charge is 0.103 e. The molecule has 0 N–H and O–H groups in total. The summed E-state index contributed by atoms with van der Waals surface area (Å²) >= 11 is 0. The van der Waals surface area contributed by atoms with Crippen molar-refractivity contribution in [2.75, 3.05) is 0 Å². The van der Waals surface area contributed by atoms with Gasteiger partial charge in [0.1, 0.15) is 0 Å². The van der Waals surface area contributed by atoms with Gasteiger partial charge in [0.25, 0.3) is 0 Å². The van der Waals surface area contributed by atoms with Crippen LogP contribution < -0.4 is 0 Å². The van der Waals surface area contributed by atoms with Crippen LogP contribution >= 0.6 is 0 Å². The maximum absolute atomic E-state index is 3.33. The van der Waals surface area contributed by atoms with Crippen LogP contribution in [0.3, 0.4) is 0 Å². The first-order chi connectivity index (χ1) is 5.45. The molecule has 0 aromatic rings. The van der Waals surface area contributed by atoms with Gasteiger partial charge in [0.05, 0.1) is 0 Å². The zero-order valence-electron chi connectivity index (χ0n) is 7.10. The van der Waals surface area contributed by atoms with E-state index in [1.165, 1.54) is 38.5 Å². The minimum Gasteiger partial charge on any atom is -0.103 e. The van der Waals surface area contributed by atoms with Crippen molar-refractivity contribution < 1.29 is 0 Å². The molecule has 1 atom stereocenters. The van der Waals surface area contributed by atoms with Crippen LogP contribution in [0, 0.1) is 23.7 Å². The van der Waals surface area contributed by atoms with E-state index in [0.29, 0.717) is 0 Å². The van der Waals surface area contributed by atoms with Gasteiger partial charge in [0.2, 0.25) is 0 Å². The molecule has 0 aromatic heterocycles. The number of hydrogen-bond acceptors (Lipinski definition) is 0. The summed E-state index contributed by atoms with van der Waals surface area (Å²) in [4.78, 5) is 0. The molecule has 0 bridgehead atoms. The average Bonchev–Trinajstić information content (AvgIpc) is 2.60. The molecular weight excluding hydrogens is 132 g/mol. The molecule has 11 heavy (non-hydrogen) atoms. The van der Waals surface area contributed by atoms with Crippen LogP contribution in [0.15, 0.2) is 0 Å². The maximum atomic E-state index is 3.33. The molecule has 0 radical (unpaired) electrons. The first kappa shape index (κ1) is 7.22. The van der Waals surface area contributed by atoms with Gasteiger partial charge in [-0.15, -0.1) is 5.92 Å². The molecule has 1 saturated carbocycles. The Labute approximate surface area is 69.4 Å². The Hall–Kier alpha value is -0.440. The standard InChI is InChI=1S/C11H16/c1-2-6-10(5-1)9-11-7-3-4-8-11/h10-11H,1-3,5-7,9H2. The molecule has 0 aliphatic heterocycles. The summed E-state index contributed by atoms with van der Waals surface area (Å²) < 4.78 is 0. The van der Waals surface area contributed by atoms with E-state index in [1.54, 1.807) is 0 Å². The van der Waals surface area contributed by atoms with Gasteiger partial charge >= 0.3 is 0 Å². The molecular formula is C11H16. The lowest BCUT2D eigenvalue weighted by Gasteiger charge is -2.11. The third-order valence-electron chi connectivity index (χ3n) is 3.02. The number of hydrogen-bond donors (Lipinski definition) is 0. The van der Waals surface area contributed by atoms with Crippen molar-refractivity contribution in [2.45, 2.75) is 44.9 Å². The molecule has 1 fully saturated rings. The van der Waals surface area contributed by atoms with Gasteiger partial charge in [-0.05, 0) is 18.8 Å².